The highest BCUT2D eigenvalue weighted by atomic mass is 16.6. The van der Waals surface area contributed by atoms with Gasteiger partial charge in [0.15, 0.2) is 17.8 Å². The van der Waals surface area contributed by atoms with Crippen molar-refractivity contribution in [3.63, 3.8) is 0 Å². The number of aldehydes is 1. The zero-order valence-electron chi connectivity index (χ0n) is 10.9. The number of aryl methyl sites for hydroxylation is 1. The van der Waals surface area contributed by atoms with E-state index in [1.807, 2.05) is 6.92 Å². The maximum Gasteiger partial charge on any atom is 0.311 e. The van der Waals surface area contributed by atoms with E-state index in [-0.39, 0.29) is 23.8 Å². The molecule has 0 aliphatic rings. The van der Waals surface area contributed by atoms with Crippen molar-refractivity contribution in [3.05, 3.63) is 57.5 Å². The number of benzene rings is 1. The zero-order chi connectivity index (χ0) is 14.5. The summed E-state index contributed by atoms with van der Waals surface area (Å²) in [4.78, 5) is 21.0. The van der Waals surface area contributed by atoms with E-state index in [0.717, 1.165) is 5.56 Å². The number of nitro groups is 1. The Morgan fingerprint density at radius 2 is 2.15 bits per heavy atom. The number of nitrogens with zero attached hydrogens (tertiary/aromatic N) is 1. The van der Waals surface area contributed by atoms with Crippen LogP contribution < -0.4 is 4.74 Å². The Labute approximate surface area is 115 Å². The van der Waals surface area contributed by atoms with Crippen LogP contribution in [0, 0.1) is 10.1 Å². The first-order valence-electron chi connectivity index (χ1n) is 6.08. The van der Waals surface area contributed by atoms with E-state index in [0.29, 0.717) is 18.5 Å². The van der Waals surface area contributed by atoms with Gasteiger partial charge in [-0.1, -0.05) is 13.0 Å². The smallest absolute Gasteiger partial charge is 0.311 e. The molecule has 2 rings (SSSR count). The molecule has 1 aromatic heterocycles. The minimum Gasteiger partial charge on any atom is -0.479 e. The van der Waals surface area contributed by atoms with E-state index in [4.69, 9.17) is 9.15 Å². The highest BCUT2D eigenvalue weighted by Gasteiger charge is 2.16. The molecule has 2 aromatic rings. The minimum absolute atomic E-state index is 0.0279. The van der Waals surface area contributed by atoms with Crippen molar-refractivity contribution in [2.24, 2.45) is 0 Å². The van der Waals surface area contributed by atoms with Gasteiger partial charge in [-0.05, 0) is 30.2 Å². The molecule has 6 nitrogen and oxygen atoms in total. The van der Waals surface area contributed by atoms with Gasteiger partial charge in [-0.3, -0.25) is 14.9 Å². The first kappa shape index (κ1) is 13.8. The fraction of sp³-hybridized carbons (Fsp3) is 0.214. The fourth-order valence-corrected chi connectivity index (χ4v) is 1.73. The van der Waals surface area contributed by atoms with Gasteiger partial charge in [-0.25, -0.2) is 0 Å². The molecular formula is C14H13NO5. The van der Waals surface area contributed by atoms with Crippen molar-refractivity contribution in [1.29, 1.82) is 0 Å². The second kappa shape index (κ2) is 6.01. The molecule has 20 heavy (non-hydrogen) atoms. The van der Waals surface area contributed by atoms with Gasteiger partial charge in [0, 0.05) is 6.07 Å². The number of nitro benzene ring substituents is 1. The Hall–Kier alpha value is -2.63. The van der Waals surface area contributed by atoms with Crippen molar-refractivity contribution in [1.82, 2.24) is 0 Å². The van der Waals surface area contributed by atoms with Gasteiger partial charge < -0.3 is 9.15 Å². The second-order valence-corrected chi connectivity index (χ2v) is 4.12. The van der Waals surface area contributed by atoms with Gasteiger partial charge in [0.05, 0.1) is 4.92 Å². The van der Waals surface area contributed by atoms with Gasteiger partial charge in [0.1, 0.15) is 12.4 Å². The molecule has 0 radical (unpaired) electrons. The summed E-state index contributed by atoms with van der Waals surface area (Å²) in [7, 11) is 0. The van der Waals surface area contributed by atoms with Gasteiger partial charge in [0.25, 0.3) is 0 Å². The quantitative estimate of drug-likeness (QED) is 0.459. The molecule has 0 amide bonds. The summed E-state index contributed by atoms with van der Waals surface area (Å²) < 4.78 is 10.5. The normalized spacial score (nSPS) is 10.2. The van der Waals surface area contributed by atoms with E-state index >= 15 is 0 Å². The predicted molar refractivity (Wildman–Crippen MR) is 70.9 cm³/mol. The van der Waals surface area contributed by atoms with Crippen LogP contribution in [0.15, 0.2) is 34.7 Å². The molecule has 0 aliphatic heterocycles. The minimum atomic E-state index is -0.479. The van der Waals surface area contributed by atoms with Gasteiger partial charge in [-0.15, -0.1) is 0 Å². The number of rotatable bonds is 6. The Bertz CT molecular complexity index is 632. The lowest BCUT2D eigenvalue weighted by Gasteiger charge is -2.06. The fourth-order valence-electron chi connectivity index (χ4n) is 1.73. The summed E-state index contributed by atoms with van der Waals surface area (Å²) in [6.45, 7) is 1.95. The van der Waals surface area contributed by atoms with Crippen molar-refractivity contribution in [3.8, 4) is 5.75 Å². The third kappa shape index (κ3) is 3.03. The molecule has 0 N–H and O–H groups in total. The number of hydrogen-bond donors (Lipinski definition) is 0. The van der Waals surface area contributed by atoms with Crippen LogP contribution in [0.5, 0.6) is 5.75 Å². The predicted octanol–water partition coefficient (Wildman–Crippen LogP) is 3.14. The van der Waals surface area contributed by atoms with Crippen molar-refractivity contribution < 1.29 is 18.9 Å². The number of carbonyl (C=O) groups is 1. The van der Waals surface area contributed by atoms with Crippen LogP contribution in [-0.4, -0.2) is 11.2 Å². The Morgan fingerprint density at radius 1 is 1.35 bits per heavy atom. The molecule has 0 saturated heterocycles. The summed E-state index contributed by atoms with van der Waals surface area (Å²) in [6.07, 6.45) is 1.30. The van der Waals surface area contributed by atoms with Crippen molar-refractivity contribution >= 4 is 12.0 Å². The summed E-state index contributed by atoms with van der Waals surface area (Å²) in [5.41, 5.74) is 0.789. The van der Waals surface area contributed by atoms with Crippen LogP contribution in [0.25, 0.3) is 0 Å². The van der Waals surface area contributed by atoms with Crippen LogP contribution in [0.4, 0.5) is 5.69 Å². The Morgan fingerprint density at radius 3 is 2.75 bits per heavy atom. The molecule has 6 heteroatoms. The van der Waals surface area contributed by atoms with Crippen LogP contribution in [0.3, 0.4) is 0 Å². The van der Waals surface area contributed by atoms with Crippen LogP contribution in [0.2, 0.25) is 0 Å². The molecule has 0 aliphatic carbocycles. The van der Waals surface area contributed by atoms with E-state index in [1.54, 1.807) is 18.2 Å². The van der Waals surface area contributed by atoms with E-state index < -0.39 is 4.92 Å². The molecule has 0 bridgehead atoms. The largest absolute Gasteiger partial charge is 0.479 e. The number of carbonyl (C=O) groups excluding carboxylic acids is 1. The van der Waals surface area contributed by atoms with E-state index in [2.05, 4.69) is 0 Å². The summed E-state index contributed by atoms with van der Waals surface area (Å²) >= 11 is 0. The highest BCUT2D eigenvalue weighted by molar-refractivity contribution is 5.70. The third-order valence-electron chi connectivity index (χ3n) is 2.80. The molecule has 0 saturated carbocycles. The zero-order valence-corrected chi connectivity index (χ0v) is 10.9. The highest BCUT2D eigenvalue weighted by Crippen LogP contribution is 2.29. The molecule has 0 fully saturated rings. The first-order valence-corrected chi connectivity index (χ1v) is 6.08. The maximum atomic E-state index is 11.0. The standard InChI is InChI=1S/C14H13NO5/c1-2-10-3-6-14(13(7-10)15(17)18)19-9-12-5-4-11(8-16)20-12/h3-8H,2,9H2,1H3. The number of furan rings is 1. The molecule has 0 atom stereocenters. The van der Waals surface area contributed by atoms with Crippen LogP contribution >= 0.6 is 0 Å². The summed E-state index contributed by atoms with van der Waals surface area (Å²) in [5, 5.41) is 11.0. The van der Waals surface area contributed by atoms with Gasteiger partial charge in [-0.2, -0.15) is 0 Å². The lowest BCUT2D eigenvalue weighted by Crippen LogP contribution is -1.99. The first-order chi connectivity index (χ1) is 9.63. The average molecular weight is 275 g/mol. The Balaban J connectivity index is 2.16. The lowest BCUT2D eigenvalue weighted by atomic mass is 10.1. The van der Waals surface area contributed by atoms with Crippen LogP contribution in [-0.2, 0) is 13.0 Å². The monoisotopic (exact) mass is 275 g/mol. The summed E-state index contributed by atoms with van der Waals surface area (Å²) in [6, 6.07) is 7.95. The molecular weight excluding hydrogens is 262 g/mol. The van der Waals surface area contributed by atoms with E-state index in [9.17, 15) is 14.9 Å². The molecule has 104 valence electrons. The van der Waals surface area contributed by atoms with Gasteiger partial charge >= 0.3 is 5.69 Å². The molecule has 1 aromatic carbocycles. The molecule has 0 unspecified atom stereocenters. The number of hydrogen-bond acceptors (Lipinski definition) is 5. The van der Waals surface area contributed by atoms with Crippen molar-refractivity contribution in [2.45, 2.75) is 20.0 Å². The molecule has 0 spiro atoms. The van der Waals surface area contributed by atoms with Crippen LogP contribution in [0.1, 0.15) is 28.8 Å². The van der Waals surface area contributed by atoms with E-state index in [1.165, 1.54) is 12.1 Å². The second-order valence-electron chi connectivity index (χ2n) is 4.12. The maximum absolute atomic E-state index is 11.0. The average Bonchev–Trinajstić information content (AvgIpc) is 2.92. The topological polar surface area (TPSA) is 82.6 Å². The SMILES string of the molecule is CCc1ccc(OCc2ccc(C=O)o2)c([N+](=O)[O-])c1. The van der Waals surface area contributed by atoms with Crippen molar-refractivity contribution in [2.75, 3.05) is 0 Å². The molecule has 1 heterocycles. The lowest BCUT2D eigenvalue weighted by molar-refractivity contribution is -0.386. The van der Waals surface area contributed by atoms with Gasteiger partial charge in [0.2, 0.25) is 0 Å². The number of ether oxygens (including phenoxy) is 1. The third-order valence-corrected chi connectivity index (χ3v) is 2.80. The Kier molecular flexibility index (Phi) is 4.14. The summed E-state index contributed by atoms with van der Waals surface area (Å²) in [5.74, 6) is 0.802.